The van der Waals surface area contributed by atoms with E-state index in [2.05, 4.69) is 10.1 Å². The Morgan fingerprint density at radius 3 is 2.64 bits per heavy atom. The summed E-state index contributed by atoms with van der Waals surface area (Å²) in [6, 6.07) is 5.03. The van der Waals surface area contributed by atoms with Crippen LogP contribution in [0.5, 0.6) is 0 Å². The van der Waals surface area contributed by atoms with Crippen LogP contribution in [0.4, 0.5) is 13.2 Å². The monoisotopic (exact) mass is 356 g/mol. The molecule has 138 valence electrons. The Hall–Kier alpha value is -1.60. The van der Waals surface area contributed by atoms with Gasteiger partial charge in [-0.15, -0.1) is 0 Å². The highest BCUT2D eigenvalue weighted by atomic mass is 19.4. The van der Waals surface area contributed by atoms with E-state index >= 15 is 0 Å². The lowest BCUT2D eigenvalue weighted by molar-refractivity contribution is -0.137. The molecule has 0 radical (unpaired) electrons. The first-order valence-electron chi connectivity index (χ1n) is 8.64. The second-order valence-corrected chi connectivity index (χ2v) is 6.85. The molecule has 3 rings (SSSR count). The average molecular weight is 356 g/mol. The molecule has 7 heteroatoms. The third kappa shape index (κ3) is 4.15. The van der Waals surface area contributed by atoms with Gasteiger partial charge < -0.3 is 9.94 Å². The normalized spacial score (nSPS) is 24.0. The van der Waals surface area contributed by atoms with Gasteiger partial charge in [-0.2, -0.15) is 13.2 Å². The first-order chi connectivity index (χ1) is 11.8. The lowest BCUT2D eigenvalue weighted by atomic mass is 9.83. The fraction of sp³-hybridized carbons (Fsp3) is 0.611. The van der Waals surface area contributed by atoms with Crippen LogP contribution in [0.3, 0.4) is 0 Å². The third-order valence-corrected chi connectivity index (χ3v) is 5.07. The Bertz CT molecular complexity index is 637. The Balaban J connectivity index is 1.59. The molecule has 0 unspecified atom stereocenters. The summed E-state index contributed by atoms with van der Waals surface area (Å²) in [4.78, 5) is 7.59. The summed E-state index contributed by atoms with van der Waals surface area (Å²) in [7, 11) is 0. The van der Waals surface area contributed by atoms with Crippen LogP contribution in [-0.2, 0) is 16.6 Å². The van der Waals surface area contributed by atoms with Gasteiger partial charge in [0.05, 0.1) is 16.9 Å². The van der Waals surface area contributed by atoms with Gasteiger partial charge in [-0.3, -0.25) is 4.90 Å². The number of hydrogen-bond donors (Lipinski definition) is 1. The maximum Gasteiger partial charge on any atom is 0.416 e. The first kappa shape index (κ1) is 18.2. The second-order valence-electron chi connectivity index (χ2n) is 6.85. The molecule has 1 N–H and O–H groups in total. The van der Waals surface area contributed by atoms with Gasteiger partial charge >= 0.3 is 6.18 Å². The molecule has 0 spiro atoms. The minimum Gasteiger partial charge on any atom is -0.391 e. The molecule has 1 saturated heterocycles. The molecule has 1 atom stereocenters. The molecule has 0 bridgehead atoms. The van der Waals surface area contributed by atoms with E-state index in [0.717, 1.165) is 37.2 Å². The van der Waals surface area contributed by atoms with Crippen LogP contribution >= 0.6 is 0 Å². The Kier molecular flexibility index (Phi) is 5.06. The van der Waals surface area contributed by atoms with E-state index in [1.54, 1.807) is 6.07 Å². The molecule has 2 aliphatic rings. The Morgan fingerprint density at radius 1 is 1.32 bits per heavy atom. The van der Waals surface area contributed by atoms with Gasteiger partial charge in [0.25, 0.3) is 0 Å². The van der Waals surface area contributed by atoms with Crippen LogP contribution in [0.2, 0.25) is 0 Å². The molecule has 0 amide bonds. The van der Waals surface area contributed by atoms with E-state index in [-0.39, 0.29) is 6.10 Å². The summed E-state index contributed by atoms with van der Waals surface area (Å²) in [5, 5.41) is 14.9. The number of alkyl halides is 3. The third-order valence-electron chi connectivity index (χ3n) is 5.07. The van der Waals surface area contributed by atoms with Crippen LogP contribution < -0.4 is 0 Å². The van der Waals surface area contributed by atoms with Gasteiger partial charge in [0.1, 0.15) is 6.10 Å². The van der Waals surface area contributed by atoms with Gasteiger partial charge in [-0.1, -0.05) is 24.2 Å². The van der Waals surface area contributed by atoms with E-state index in [1.165, 1.54) is 6.07 Å². The van der Waals surface area contributed by atoms with Crippen molar-refractivity contribution in [3.05, 3.63) is 35.4 Å². The summed E-state index contributed by atoms with van der Waals surface area (Å²) in [5.41, 5.74) is -0.526. The maximum atomic E-state index is 12.9. The van der Waals surface area contributed by atoms with Crippen molar-refractivity contribution in [3.8, 4) is 0 Å². The number of aliphatic hydroxyl groups is 1. The lowest BCUT2D eigenvalue weighted by Crippen LogP contribution is -2.45. The fourth-order valence-electron chi connectivity index (χ4n) is 3.46. The number of likely N-dealkylation sites (tertiary alicyclic amines) is 1. The van der Waals surface area contributed by atoms with Crippen molar-refractivity contribution in [2.24, 2.45) is 5.16 Å². The zero-order valence-electron chi connectivity index (χ0n) is 14.2. The van der Waals surface area contributed by atoms with Crippen molar-refractivity contribution in [1.29, 1.82) is 0 Å². The minimum absolute atomic E-state index is 0.0368. The van der Waals surface area contributed by atoms with Gasteiger partial charge in [-0.05, 0) is 37.0 Å². The number of benzene rings is 1. The number of piperidine rings is 1. The molecule has 4 nitrogen and oxygen atoms in total. The van der Waals surface area contributed by atoms with Gasteiger partial charge in [0, 0.05) is 26.1 Å². The molecule has 0 aromatic heterocycles. The van der Waals surface area contributed by atoms with Crippen LogP contribution in [0.15, 0.2) is 29.4 Å². The fourth-order valence-corrected chi connectivity index (χ4v) is 3.46. The largest absolute Gasteiger partial charge is 0.416 e. The first-order valence-corrected chi connectivity index (χ1v) is 8.64. The van der Waals surface area contributed by atoms with Crippen molar-refractivity contribution >= 4 is 5.71 Å². The smallest absolute Gasteiger partial charge is 0.391 e. The van der Waals surface area contributed by atoms with Crippen LogP contribution in [0, 0.1) is 0 Å². The molecule has 1 aromatic rings. The zero-order chi connectivity index (χ0) is 18.1. The second kappa shape index (κ2) is 6.96. The molecule has 0 aliphatic carbocycles. The highest BCUT2D eigenvalue weighted by molar-refractivity contribution is 5.85. The summed E-state index contributed by atoms with van der Waals surface area (Å²) < 4.78 is 38.7. The zero-order valence-corrected chi connectivity index (χ0v) is 14.2. The quantitative estimate of drug-likeness (QED) is 0.897. The van der Waals surface area contributed by atoms with Gasteiger partial charge in [-0.25, -0.2) is 0 Å². The molecule has 1 fully saturated rings. The van der Waals surface area contributed by atoms with E-state index in [1.807, 2.05) is 6.92 Å². The van der Waals surface area contributed by atoms with Crippen LogP contribution in [0.25, 0.3) is 0 Å². The Labute approximate surface area is 145 Å². The van der Waals surface area contributed by atoms with Crippen molar-refractivity contribution in [2.45, 2.75) is 50.5 Å². The molecular weight excluding hydrogens is 333 g/mol. The predicted octanol–water partition coefficient (Wildman–Crippen LogP) is 3.54. The van der Waals surface area contributed by atoms with E-state index in [9.17, 15) is 18.3 Å². The highest BCUT2D eigenvalue weighted by Gasteiger charge is 2.37. The number of halogens is 3. The van der Waals surface area contributed by atoms with E-state index < -0.39 is 17.3 Å². The summed E-state index contributed by atoms with van der Waals surface area (Å²) >= 11 is 0. The van der Waals surface area contributed by atoms with Crippen molar-refractivity contribution < 1.29 is 23.1 Å². The molecule has 2 heterocycles. The summed E-state index contributed by atoms with van der Waals surface area (Å²) in [6.07, 6.45) is -1.85. The molecule has 0 saturated carbocycles. The predicted molar refractivity (Wildman–Crippen MR) is 88.2 cm³/mol. The number of rotatable bonds is 4. The topological polar surface area (TPSA) is 45.1 Å². The standard InChI is InChI=1S/C18H23F3N2O2/c1-2-15-11-16(25-22-15)12-23-8-6-17(24,7-9-23)13-4-3-5-14(10-13)18(19,20)21/h3-5,10,16,24H,2,6-9,11-12H2,1H3/t16-/m0/s1. The SMILES string of the molecule is CCC1=NO[C@H](CN2CCC(O)(c3cccc(C(F)(F)F)c3)CC2)C1. The number of nitrogens with zero attached hydrogens (tertiary/aromatic N) is 2. The van der Waals surface area contributed by atoms with Crippen molar-refractivity contribution in [1.82, 2.24) is 4.90 Å². The van der Waals surface area contributed by atoms with E-state index in [0.29, 0.717) is 31.5 Å². The number of hydrogen-bond acceptors (Lipinski definition) is 4. The lowest BCUT2D eigenvalue weighted by Gasteiger charge is -2.39. The molecule has 1 aromatic carbocycles. The average Bonchev–Trinajstić information content (AvgIpc) is 3.04. The maximum absolute atomic E-state index is 12.9. The number of oxime groups is 1. The summed E-state index contributed by atoms with van der Waals surface area (Å²) in [6.45, 7) is 4.01. The van der Waals surface area contributed by atoms with Crippen molar-refractivity contribution in [2.75, 3.05) is 19.6 Å². The molecule has 2 aliphatic heterocycles. The molecular formula is C18H23F3N2O2. The minimum atomic E-state index is -4.40. The van der Waals surface area contributed by atoms with Crippen LogP contribution in [0.1, 0.15) is 43.7 Å². The summed E-state index contributed by atoms with van der Waals surface area (Å²) in [5.74, 6) is 0. The van der Waals surface area contributed by atoms with Gasteiger partial charge in [0.2, 0.25) is 0 Å². The van der Waals surface area contributed by atoms with Gasteiger partial charge in [0.15, 0.2) is 0 Å². The Morgan fingerprint density at radius 2 is 2.04 bits per heavy atom. The van der Waals surface area contributed by atoms with E-state index in [4.69, 9.17) is 4.84 Å². The highest BCUT2D eigenvalue weighted by Crippen LogP contribution is 2.36. The molecule has 25 heavy (non-hydrogen) atoms. The van der Waals surface area contributed by atoms with Crippen molar-refractivity contribution in [3.63, 3.8) is 0 Å². The van der Waals surface area contributed by atoms with Crippen LogP contribution in [-0.4, -0.2) is 41.5 Å².